The first kappa shape index (κ1) is 27.9. The molecule has 0 fully saturated rings. The van der Waals surface area contributed by atoms with Crippen LogP contribution >= 0.6 is 11.8 Å². The zero-order chi connectivity index (χ0) is 27.0. The predicted octanol–water partition coefficient (Wildman–Crippen LogP) is 1.65. The average Bonchev–Trinajstić information content (AvgIpc) is 3.28. The van der Waals surface area contributed by atoms with Gasteiger partial charge in [-0.05, 0) is 31.5 Å². The van der Waals surface area contributed by atoms with Crippen molar-refractivity contribution >= 4 is 35.3 Å². The third-order valence-electron chi connectivity index (χ3n) is 5.42. The number of nitrogens with zero attached hydrogens (tertiary/aromatic N) is 4. The van der Waals surface area contributed by atoms with Gasteiger partial charge in [0.05, 0.1) is 18.2 Å². The van der Waals surface area contributed by atoms with Crippen molar-refractivity contribution in [1.29, 1.82) is 0 Å². The fraction of sp³-hybridized carbons (Fsp3) is 0.400. The SMILES string of the molecule is CN(CC(N)=O)C(=O)OCCc1cccc2nnc([C@@H](CSCc3ccccc3)NC(=O)C(C)(C)N)n12. The van der Waals surface area contributed by atoms with E-state index < -0.39 is 23.6 Å². The Morgan fingerprint density at radius 3 is 2.54 bits per heavy atom. The van der Waals surface area contributed by atoms with Crippen molar-refractivity contribution in [2.24, 2.45) is 11.5 Å². The maximum absolute atomic E-state index is 12.8. The molecule has 5 N–H and O–H groups in total. The Morgan fingerprint density at radius 1 is 1.14 bits per heavy atom. The molecule has 0 spiro atoms. The Bertz CT molecular complexity index is 1230. The lowest BCUT2D eigenvalue weighted by Gasteiger charge is -2.24. The van der Waals surface area contributed by atoms with E-state index >= 15 is 0 Å². The van der Waals surface area contributed by atoms with E-state index in [0.717, 1.165) is 16.3 Å². The number of aromatic nitrogens is 3. The van der Waals surface area contributed by atoms with Gasteiger partial charge in [-0.2, -0.15) is 11.8 Å². The minimum absolute atomic E-state index is 0.0638. The lowest BCUT2D eigenvalue weighted by molar-refractivity contribution is -0.126. The van der Waals surface area contributed by atoms with E-state index in [2.05, 4.69) is 27.6 Å². The maximum atomic E-state index is 12.8. The minimum atomic E-state index is -1.07. The summed E-state index contributed by atoms with van der Waals surface area (Å²) in [7, 11) is 1.44. The van der Waals surface area contributed by atoms with Gasteiger partial charge in [0.25, 0.3) is 0 Å². The van der Waals surface area contributed by atoms with Gasteiger partial charge >= 0.3 is 6.09 Å². The summed E-state index contributed by atoms with van der Waals surface area (Å²) in [6, 6.07) is 15.1. The number of carbonyl (C=O) groups is 3. The molecule has 0 unspecified atom stereocenters. The number of hydrogen-bond donors (Lipinski definition) is 3. The molecule has 11 nitrogen and oxygen atoms in total. The van der Waals surface area contributed by atoms with Gasteiger partial charge in [0, 0.05) is 30.7 Å². The van der Waals surface area contributed by atoms with E-state index in [-0.39, 0.29) is 19.1 Å². The maximum Gasteiger partial charge on any atom is 0.409 e. The van der Waals surface area contributed by atoms with Crippen LogP contribution in [0.4, 0.5) is 4.79 Å². The van der Waals surface area contributed by atoms with Crippen LogP contribution in [0.1, 0.15) is 37.0 Å². The molecule has 0 bridgehead atoms. The number of thioether (sulfide) groups is 1. The van der Waals surface area contributed by atoms with Gasteiger partial charge in [-0.3, -0.25) is 14.0 Å². The number of nitrogens with two attached hydrogens (primary N) is 2. The molecule has 2 aromatic heterocycles. The third-order valence-corrected chi connectivity index (χ3v) is 6.53. The number of benzene rings is 1. The Hall–Kier alpha value is -3.64. The molecule has 0 saturated carbocycles. The van der Waals surface area contributed by atoms with Crippen LogP contribution in [0.2, 0.25) is 0 Å². The van der Waals surface area contributed by atoms with E-state index in [1.54, 1.807) is 25.6 Å². The monoisotopic (exact) mass is 527 g/mol. The zero-order valence-corrected chi connectivity index (χ0v) is 22.0. The summed E-state index contributed by atoms with van der Waals surface area (Å²) in [5.41, 5.74) is 12.7. The predicted molar refractivity (Wildman–Crippen MR) is 142 cm³/mol. The van der Waals surface area contributed by atoms with Crippen LogP contribution in [0.25, 0.3) is 5.65 Å². The summed E-state index contributed by atoms with van der Waals surface area (Å²) in [6.07, 6.45) is -0.291. The number of pyridine rings is 1. The van der Waals surface area contributed by atoms with Gasteiger partial charge in [0.1, 0.15) is 6.54 Å². The molecule has 12 heteroatoms. The van der Waals surface area contributed by atoms with Crippen LogP contribution in [0.5, 0.6) is 0 Å². The number of ether oxygens (including phenoxy) is 1. The lowest BCUT2D eigenvalue weighted by Crippen LogP contribution is -2.50. The summed E-state index contributed by atoms with van der Waals surface area (Å²) in [4.78, 5) is 37.1. The molecule has 0 saturated heterocycles. The van der Waals surface area contributed by atoms with Crippen LogP contribution in [-0.2, 0) is 26.5 Å². The zero-order valence-electron chi connectivity index (χ0n) is 21.2. The summed E-state index contributed by atoms with van der Waals surface area (Å²) < 4.78 is 7.15. The topological polar surface area (TPSA) is 158 Å². The number of rotatable bonds is 12. The number of fused-ring (bicyclic) bond motifs is 1. The molecule has 3 amide bonds. The normalized spacial score (nSPS) is 12.2. The number of nitrogens with one attached hydrogen (secondary N) is 1. The molecule has 0 aliphatic heterocycles. The van der Waals surface area contributed by atoms with Crippen molar-refractivity contribution < 1.29 is 19.1 Å². The molecule has 3 aromatic rings. The summed E-state index contributed by atoms with van der Waals surface area (Å²) >= 11 is 1.66. The Labute approximate surface area is 219 Å². The van der Waals surface area contributed by atoms with E-state index in [1.807, 2.05) is 40.8 Å². The summed E-state index contributed by atoms with van der Waals surface area (Å²) in [5.74, 6) is 0.924. The second-order valence-electron chi connectivity index (χ2n) is 9.20. The van der Waals surface area contributed by atoms with Crippen LogP contribution in [0, 0.1) is 0 Å². The molecule has 0 radical (unpaired) electrons. The molecule has 2 heterocycles. The summed E-state index contributed by atoms with van der Waals surface area (Å²) in [5, 5.41) is 11.7. The highest BCUT2D eigenvalue weighted by Gasteiger charge is 2.28. The molecule has 0 aliphatic carbocycles. The van der Waals surface area contributed by atoms with Gasteiger partial charge < -0.3 is 26.4 Å². The largest absolute Gasteiger partial charge is 0.449 e. The lowest BCUT2D eigenvalue weighted by atomic mass is 10.1. The average molecular weight is 528 g/mol. The molecule has 1 aromatic carbocycles. The van der Waals surface area contributed by atoms with Crippen molar-refractivity contribution in [3.63, 3.8) is 0 Å². The highest BCUT2D eigenvalue weighted by atomic mass is 32.2. The van der Waals surface area contributed by atoms with Crippen LogP contribution in [0.15, 0.2) is 48.5 Å². The molecule has 0 aliphatic rings. The van der Waals surface area contributed by atoms with Gasteiger partial charge in [-0.25, -0.2) is 4.79 Å². The van der Waals surface area contributed by atoms with Gasteiger partial charge in [-0.1, -0.05) is 36.4 Å². The number of hydrogen-bond acceptors (Lipinski definition) is 8. The third kappa shape index (κ3) is 7.92. The Balaban J connectivity index is 1.80. The number of carbonyl (C=O) groups excluding carboxylic acids is 3. The van der Waals surface area contributed by atoms with Crippen molar-refractivity contribution in [2.45, 2.75) is 37.6 Å². The molecular formula is C25H33N7O4S. The molecule has 37 heavy (non-hydrogen) atoms. The van der Waals surface area contributed by atoms with Gasteiger partial charge in [0.2, 0.25) is 11.8 Å². The standard InChI is InChI=1S/C25H33N7O4S/c1-25(2,27)23(34)28-19(16-37-15-17-8-5-4-6-9-17)22-30-29-21-11-7-10-18(32(21)22)12-13-36-24(35)31(3)14-20(26)33/h4-11,19H,12-16,27H2,1-3H3,(H2,26,33)(H,28,34)/t19-/m1/s1. The minimum Gasteiger partial charge on any atom is -0.449 e. The van der Waals surface area contributed by atoms with E-state index in [0.29, 0.717) is 23.6 Å². The van der Waals surface area contributed by atoms with Crippen LogP contribution in [-0.4, -0.2) is 68.9 Å². The number of amides is 3. The summed E-state index contributed by atoms with van der Waals surface area (Å²) in [6.45, 7) is 3.12. The smallest absolute Gasteiger partial charge is 0.409 e. The Morgan fingerprint density at radius 2 is 1.86 bits per heavy atom. The fourth-order valence-corrected chi connectivity index (χ4v) is 4.51. The molecule has 3 rings (SSSR count). The van der Waals surface area contributed by atoms with E-state index in [4.69, 9.17) is 16.2 Å². The second kappa shape index (κ2) is 12.5. The first-order chi connectivity index (χ1) is 17.6. The number of primary amides is 1. The molecule has 198 valence electrons. The van der Waals surface area contributed by atoms with Gasteiger partial charge in [0.15, 0.2) is 11.5 Å². The Kier molecular flexibility index (Phi) is 9.48. The van der Waals surface area contributed by atoms with Crippen molar-refractivity contribution in [2.75, 3.05) is 26.0 Å². The van der Waals surface area contributed by atoms with Crippen LogP contribution in [0.3, 0.4) is 0 Å². The molecule has 1 atom stereocenters. The van der Waals surface area contributed by atoms with E-state index in [1.165, 1.54) is 12.6 Å². The van der Waals surface area contributed by atoms with E-state index in [9.17, 15) is 14.4 Å². The second-order valence-corrected chi connectivity index (χ2v) is 10.2. The van der Waals surface area contributed by atoms with Gasteiger partial charge in [-0.15, -0.1) is 10.2 Å². The van der Waals surface area contributed by atoms with Crippen molar-refractivity contribution in [1.82, 2.24) is 24.8 Å². The number of likely N-dealkylation sites (N-methyl/N-ethyl adjacent to an activating group) is 1. The molecular weight excluding hydrogens is 494 g/mol. The van der Waals surface area contributed by atoms with Crippen LogP contribution < -0.4 is 16.8 Å². The first-order valence-electron chi connectivity index (χ1n) is 11.8. The first-order valence-corrected chi connectivity index (χ1v) is 12.9. The highest BCUT2D eigenvalue weighted by Crippen LogP contribution is 2.23. The van der Waals surface area contributed by atoms with Crippen molar-refractivity contribution in [3.05, 3.63) is 65.6 Å². The van der Waals surface area contributed by atoms with Crippen molar-refractivity contribution in [3.8, 4) is 0 Å². The highest BCUT2D eigenvalue weighted by molar-refractivity contribution is 7.98. The quantitative estimate of drug-likeness (QED) is 0.321. The fourth-order valence-electron chi connectivity index (χ4n) is 3.50.